The van der Waals surface area contributed by atoms with Crippen molar-refractivity contribution in [3.05, 3.63) is 65.0 Å². The zero-order valence-electron chi connectivity index (χ0n) is 13.3. The monoisotopic (exact) mass is 391 g/mol. The average Bonchev–Trinajstić information content (AvgIpc) is 2.55. The first-order chi connectivity index (χ1) is 12.0. The molecule has 0 aliphatic rings. The lowest BCUT2D eigenvalue weighted by Gasteiger charge is -2.15. The first kappa shape index (κ1) is 19.7. The number of esters is 1. The van der Waals surface area contributed by atoms with Crippen LogP contribution in [-0.4, -0.2) is 21.5 Å². The normalized spacial score (nSPS) is 11.9. The minimum Gasteiger partial charge on any atom is -0.465 e. The van der Waals surface area contributed by atoms with Crippen LogP contribution in [0.4, 0.5) is 23.2 Å². The Morgan fingerprint density at radius 3 is 2.27 bits per heavy atom. The maximum Gasteiger partial charge on any atom is 0.418 e. The number of nitrogens with one attached hydrogen (secondary N) is 1. The van der Waals surface area contributed by atoms with Crippen LogP contribution in [0, 0.1) is 5.82 Å². The first-order valence-corrected chi connectivity index (χ1v) is 8.71. The van der Waals surface area contributed by atoms with Crippen molar-refractivity contribution in [3.8, 4) is 0 Å². The van der Waals surface area contributed by atoms with Gasteiger partial charge in [-0.1, -0.05) is 12.1 Å². The van der Waals surface area contributed by atoms with Gasteiger partial charge in [-0.3, -0.25) is 4.72 Å². The van der Waals surface area contributed by atoms with Gasteiger partial charge in [-0.15, -0.1) is 0 Å². The summed E-state index contributed by atoms with van der Waals surface area (Å²) in [6, 6.07) is 6.96. The van der Waals surface area contributed by atoms with Gasteiger partial charge < -0.3 is 4.74 Å². The highest BCUT2D eigenvalue weighted by Crippen LogP contribution is 2.35. The third kappa shape index (κ3) is 4.94. The van der Waals surface area contributed by atoms with E-state index >= 15 is 0 Å². The van der Waals surface area contributed by atoms with E-state index in [9.17, 15) is 30.8 Å². The summed E-state index contributed by atoms with van der Waals surface area (Å²) in [5.41, 5.74) is -1.77. The Morgan fingerprint density at radius 2 is 1.73 bits per heavy atom. The van der Waals surface area contributed by atoms with Crippen molar-refractivity contribution in [2.75, 3.05) is 11.8 Å². The number of hydrogen-bond donors (Lipinski definition) is 1. The van der Waals surface area contributed by atoms with Crippen molar-refractivity contribution in [1.82, 2.24) is 0 Å². The minimum atomic E-state index is -4.93. The molecule has 0 aliphatic heterocycles. The van der Waals surface area contributed by atoms with Gasteiger partial charge in [0.25, 0.3) is 0 Å². The number of alkyl halides is 3. The van der Waals surface area contributed by atoms with Crippen LogP contribution in [0.1, 0.15) is 21.5 Å². The Kier molecular flexibility index (Phi) is 5.55. The molecule has 0 saturated heterocycles. The summed E-state index contributed by atoms with van der Waals surface area (Å²) in [6.07, 6.45) is -4.93. The second-order valence-electron chi connectivity index (χ2n) is 5.24. The molecule has 2 aromatic carbocycles. The van der Waals surface area contributed by atoms with Crippen LogP contribution in [-0.2, 0) is 26.7 Å². The summed E-state index contributed by atoms with van der Waals surface area (Å²) in [5, 5.41) is 0. The predicted octanol–water partition coefficient (Wildman–Crippen LogP) is 3.57. The Hall–Kier alpha value is -2.62. The highest BCUT2D eigenvalue weighted by Gasteiger charge is 2.35. The lowest BCUT2D eigenvalue weighted by atomic mass is 10.1. The number of sulfonamides is 1. The van der Waals surface area contributed by atoms with Crippen LogP contribution in [0.15, 0.2) is 42.5 Å². The van der Waals surface area contributed by atoms with Crippen LogP contribution < -0.4 is 4.72 Å². The number of hydrogen-bond acceptors (Lipinski definition) is 4. The number of carbonyl (C=O) groups excluding carboxylic acids is 1. The second kappa shape index (κ2) is 7.32. The lowest BCUT2D eigenvalue weighted by Crippen LogP contribution is -2.19. The molecule has 5 nitrogen and oxygen atoms in total. The van der Waals surface area contributed by atoms with Crippen LogP contribution in [0.3, 0.4) is 0 Å². The van der Waals surface area contributed by atoms with Crippen molar-refractivity contribution in [3.63, 3.8) is 0 Å². The summed E-state index contributed by atoms with van der Waals surface area (Å²) < 4.78 is 82.5. The molecular weight excluding hydrogens is 378 g/mol. The van der Waals surface area contributed by atoms with Crippen LogP contribution in [0.25, 0.3) is 0 Å². The molecule has 140 valence electrons. The molecular formula is C16H13F4NO4S. The van der Waals surface area contributed by atoms with Crippen LogP contribution in [0.2, 0.25) is 0 Å². The van der Waals surface area contributed by atoms with Crippen molar-refractivity contribution in [2.45, 2.75) is 11.9 Å². The number of methoxy groups -OCH3 is 1. The topological polar surface area (TPSA) is 72.5 Å². The van der Waals surface area contributed by atoms with Crippen molar-refractivity contribution < 1.29 is 35.5 Å². The van der Waals surface area contributed by atoms with E-state index in [-0.39, 0.29) is 17.2 Å². The summed E-state index contributed by atoms with van der Waals surface area (Å²) >= 11 is 0. The fourth-order valence-electron chi connectivity index (χ4n) is 2.12. The van der Waals surface area contributed by atoms with Crippen molar-refractivity contribution in [2.24, 2.45) is 0 Å². The van der Waals surface area contributed by atoms with Crippen LogP contribution >= 0.6 is 0 Å². The molecule has 10 heteroatoms. The predicted molar refractivity (Wildman–Crippen MR) is 85.4 cm³/mol. The van der Waals surface area contributed by atoms with Gasteiger partial charge in [-0.2, -0.15) is 13.2 Å². The Balaban J connectivity index is 2.23. The quantitative estimate of drug-likeness (QED) is 0.625. The third-order valence-electron chi connectivity index (χ3n) is 3.28. The van der Waals surface area contributed by atoms with E-state index in [0.717, 1.165) is 6.07 Å². The smallest absolute Gasteiger partial charge is 0.418 e. The van der Waals surface area contributed by atoms with Gasteiger partial charge >= 0.3 is 12.1 Å². The van der Waals surface area contributed by atoms with Gasteiger partial charge in [-0.25, -0.2) is 17.6 Å². The molecule has 0 aromatic heterocycles. The zero-order chi connectivity index (χ0) is 19.5. The van der Waals surface area contributed by atoms with Gasteiger partial charge in [0.05, 0.1) is 29.7 Å². The van der Waals surface area contributed by atoms with E-state index in [4.69, 9.17) is 0 Å². The van der Waals surface area contributed by atoms with Gasteiger partial charge in [0, 0.05) is 0 Å². The maximum atomic E-state index is 13.1. The highest BCUT2D eigenvalue weighted by atomic mass is 32.2. The van der Waals surface area contributed by atoms with E-state index in [2.05, 4.69) is 4.74 Å². The van der Waals surface area contributed by atoms with E-state index in [1.165, 1.54) is 31.4 Å². The van der Waals surface area contributed by atoms with Gasteiger partial charge in [0.15, 0.2) is 0 Å². The van der Waals surface area contributed by atoms with E-state index in [1.807, 2.05) is 4.72 Å². The molecule has 0 heterocycles. The molecule has 0 bridgehead atoms. The van der Waals surface area contributed by atoms with E-state index in [0.29, 0.717) is 6.07 Å². The standard InChI is InChI=1S/C16H13F4NO4S/c1-25-15(22)11-4-2-10(3-5-11)9-26(23,24)21-14-7-6-12(17)8-13(14)16(18,19)20/h2-8,21H,9H2,1H3. The molecule has 2 aromatic rings. The number of rotatable bonds is 5. The van der Waals surface area contributed by atoms with Crippen molar-refractivity contribution >= 4 is 21.7 Å². The van der Waals surface area contributed by atoms with Gasteiger partial charge in [0.2, 0.25) is 10.0 Å². The molecule has 0 atom stereocenters. The molecule has 0 spiro atoms. The fraction of sp³-hybridized carbons (Fsp3) is 0.188. The SMILES string of the molecule is COC(=O)c1ccc(CS(=O)(=O)Nc2ccc(F)cc2C(F)(F)F)cc1. The Bertz CT molecular complexity index is 909. The van der Waals surface area contributed by atoms with Gasteiger partial charge in [0.1, 0.15) is 5.82 Å². The largest absolute Gasteiger partial charge is 0.465 e. The Labute approximate surface area is 146 Å². The second-order valence-corrected chi connectivity index (χ2v) is 6.96. The van der Waals surface area contributed by atoms with Crippen molar-refractivity contribution in [1.29, 1.82) is 0 Å². The molecule has 0 aliphatic carbocycles. The molecule has 0 fully saturated rings. The Morgan fingerprint density at radius 1 is 1.12 bits per heavy atom. The molecule has 0 amide bonds. The van der Waals surface area contributed by atoms with E-state index in [1.54, 1.807) is 0 Å². The molecule has 0 radical (unpaired) electrons. The third-order valence-corrected chi connectivity index (χ3v) is 4.53. The molecule has 2 rings (SSSR count). The molecule has 0 unspecified atom stereocenters. The van der Waals surface area contributed by atoms with Gasteiger partial charge in [-0.05, 0) is 35.9 Å². The lowest BCUT2D eigenvalue weighted by molar-refractivity contribution is -0.137. The summed E-state index contributed by atoms with van der Waals surface area (Å²) in [6.45, 7) is 0. The molecule has 0 saturated carbocycles. The average molecular weight is 391 g/mol. The minimum absolute atomic E-state index is 0.194. The number of halogens is 4. The number of carbonyl (C=O) groups is 1. The number of anilines is 1. The summed E-state index contributed by atoms with van der Waals surface area (Å²) in [5.74, 6) is -2.39. The summed E-state index contributed by atoms with van der Waals surface area (Å²) in [7, 11) is -3.02. The highest BCUT2D eigenvalue weighted by molar-refractivity contribution is 7.91. The number of benzene rings is 2. The zero-order valence-corrected chi connectivity index (χ0v) is 14.1. The molecule has 26 heavy (non-hydrogen) atoms. The number of ether oxygens (including phenoxy) is 1. The van der Waals surface area contributed by atoms with Crippen LogP contribution in [0.5, 0.6) is 0 Å². The van der Waals surface area contributed by atoms with E-state index < -0.39 is 45.0 Å². The first-order valence-electron chi connectivity index (χ1n) is 7.06. The fourth-order valence-corrected chi connectivity index (χ4v) is 3.33. The summed E-state index contributed by atoms with van der Waals surface area (Å²) in [4.78, 5) is 11.3. The maximum absolute atomic E-state index is 13.1. The molecule has 1 N–H and O–H groups in total.